The second-order valence-electron chi connectivity index (χ2n) is 7.04. The van der Waals surface area contributed by atoms with Crippen LogP contribution in [-0.4, -0.2) is 42.8 Å². The molecule has 4 rings (SSSR count). The van der Waals surface area contributed by atoms with Gasteiger partial charge in [-0.3, -0.25) is 0 Å². The highest BCUT2D eigenvalue weighted by Crippen LogP contribution is 2.25. The predicted octanol–water partition coefficient (Wildman–Crippen LogP) is 3.81. The van der Waals surface area contributed by atoms with Crippen molar-refractivity contribution in [1.29, 1.82) is 0 Å². The van der Waals surface area contributed by atoms with Gasteiger partial charge in [0.25, 0.3) is 0 Å². The summed E-state index contributed by atoms with van der Waals surface area (Å²) >= 11 is 1.84. The first-order valence-corrected chi connectivity index (χ1v) is 10.4. The molecule has 3 aromatic rings. The van der Waals surface area contributed by atoms with E-state index in [9.17, 15) is 0 Å². The number of fused-ring (bicyclic) bond motifs is 1. The van der Waals surface area contributed by atoms with Crippen molar-refractivity contribution in [1.82, 2.24) is 15.3 Å². The molecule has 0 bridgehead atoms. The van der Waals surface area contributed by atoms with E-state index in [1.807, 2.05) is 36.5 Å². The van der Waals surface area contributed by atoms with Crippen LogP contribution in [0, 0.1) is 6.92 Å². The van der Waals surface area contributed by atoms with E-state index >= 15 is 0 Å². The van der Waals surface area contributed by atoms with E-state index in [4.69, 9.17) is 14.7 Å². The fourth-order valence-corrected chi connectivity index (χ4v) is 4.36. The summed E-state index contributed by atoms with van der Waals surface area (Å²) in [7, 11) is 1.68. The number of benzene rings is 1. The van der Waals surface area contributed by atoms with E-state index in [-0.39, 0.29) is 0 Å². The van der Waals surface area contributed by atoms with Gasteiger partial charge in [0.15, 0.2) is 0 Å². The van der Waals surface area contributed by atoms with Crippen LogP contribution in [0.15, 0.2) is 35.7 Å². The summed E-state index contributed by atoms with van der Waals surface area (Å²) in [6.45, 7) is 5.10. The van der Waals surface area contributed by atoms with Crippen LogP contribution in [0.3, 0.4) is 0 Å². The smallest absolute Gasteiger partial charge is 0.226 e. The molecule has 0 radical (unpaired) electrons. The Kier molecular flexibility index (Phi) is 5.55. The number of piperidine rings is 1. The first-order chi connectivity index (χ1) is 13.2. The lowest BCUT2D eigenvalue weighted by Crippen LogP contribution is -2.43. The van der Waals surface area contributed by atoms with Crippen LogP contribution in [0.4, 0.5) is 5.95 Å². The molecule has 1 fully saturated rings. The molecule has 5 nitrogen and oxygen atoms in total. The molecule has 1 N–H and O–H groups in total. The lowest BCUT2D eigenvalue weighted by atomic mass is 10.1. The standard InChI is InChI=1S/C21H26N4OS/c1-15-19-14-17(26-2)5-6-20(19)24-21(23-15)25-11-8-16(9-12-25)22-10-7-18-4-3-13-27-18/h3-6,13-14,16,22H,7-12H2,1-2H3. The number of aryl methyl sites for hydroxylation is 1. The van der Waals surface area contributed by atoms with Crippen LogP contribution >= 0.6 is 11.3 Å². The van der Waals surface area contributed by atoms with Gasteiger partial charge in [-0.05, 0) is 55.8 Å². The van der Waals surface area contributed by atoms with Crippen molar-refractivity contribution < 1.29 is 4.74 Å². The fourth-order valence-electron chi connectivity index (χ4n) is 3.65. The van der Waals surface area contributed by atoms with Gasteiger partial charge in [-0.1, -0.05) is 6.07 Å². The number of anilines is 1. The number of hydrogen-bond donors (Lipinski definition) is 1. The van der Waals surface area contributed by atoms with Crippen LogP contribution < -0.4 is 15.0 Å². The lowest BCUT2D eigenvalue weighted by Gasteiger charge is -2.32. The second kappa shape index (κ2) is 8.23. The molecule has 0 aliphatic carbocycles. The molecule has 1 saturated heterocycles. The third-order valence-corrected chi connectivity index (χ3v) is 6.18. The first-order valence-electron chi connectivity index (χ1n) is 9.56. The third-order valence-electron chi connectivity index (χ3n) is 5.24. The Balaban J connectivity index is 1.36. The van der Waals surface area contributed by atoms with E-state index in [0.29, 0.717) is 6.04 Å². The van der Waals surface area contributed by atoms with Crippen molar-refractivity contribution in [2.45, 2.75) is 32.2 Å². The van der Waals surface area contributed by atoms with Gasteiger partial charge in [0.05, 0.1) is 18.3 Å². The molecule has 2 aromatic heterocycles. The number of hydrogen-bond acceptors (Lipinski definition) is 6. The van der Waals surface area contributed by atoms with Gasteiger partial charge >= 0.3 is 0 Å². The minimum absolute atomic E-state index is 0.590. The van der Waals surface area contributed by atoms with Crippen LogP contribution in [-0.2, 0) is 6.42 Å². The molecule has 0 spiro atoms. The molecule has 1 aliphatic heterocycles. The van der Waals surface area contributed by atoms with Crippen molar-refractivity contribution in [3.63, 3.8) is 0 Å². The average molecular weight is 383 g/mol. The quantitative estimate of drug-likeness (QED) is 0.703. The van der Waals surface area contributed by atoms with Gasteiger partial charge in [0, 0.05) is 35.9 Å². The Morgan fingerprint density at radius 1 is 1.22 bits per heavy atom. The highest BCUT2D eigenvalue weighted by atomic mass is 32.1. The number of aromatic nitrogens is 2. The Bertz CT molecular complexity index is 889. The Morgan fingerprint density at radius 2 is 2.07 bits per heavy atom. The lowest BCUT2D eigenvalue weighted by molar-refractivity contribution is 0.414. The van der Waals surface area contributed by atoms with E-state index in [2.05, 4.69) is 27.7 Å². The van der Waals surface area contributed by atoms with E-state index in [0.717, 1.165) is 67.2 Å². The molecule has 0 unspecified atom stereocenters. The molecular formula is C21H26N4OS. The minimum atomic E-state index is 0.590. The van der Waals surface area contributed by atoms with Crippen molar-refractivity contribution in [2.24, 2.45) is 0 Å². The summed E-state index contributed by atoms with van der Waals surface area (Å²) in [5.74, 6) is 1.69. The third kappa shape index (κ3) is 4.22. The zero-order valence-corrected chi connectivity index (χ0v) is 16.8. The molecule has 3 heterocycles. The summed E-state index contributed by atoms with van der Waals surface area (Å²) in [5.41, 5.74) is 1.99. The number of ether oxygens (including phenoxy) is 1. The monoisotopic (exact) mass is 382 g/mol. The molecule has 0 atom stereocenters. The molecule has 27 heavy (non-hydrogen) atoms. The molecular weight excluding hydrogens is 356 g/mol. The minimum Gasteiger partial charge on any atom is -0.497 e. The van der Waals surface area contributed by atoms with Crippen LogP contribution in [0.25, 0.3) is 10.9 Å². The van der Waals surface area contributed by atoms with Crippen molar-refractivity contribution in [3.05, 3.63) is 46.3 Å². The number of nitrogens with one attached hydrogen (secondary N) is 1. The number of nitrogens with zero attached hydrogens (tertiary/aromatic N) is 3. The van der Waals surface area contributed by atoms with Gasteiger partial charge in [0.1, 0.15) is 5.75 Å². The number of methoxy groups -OCH3 is 1. The van der Waals surface area contributed by atoms with Crippen molar-refractivity contribution >= 4 is 28.2 Å². The van der Waals surface area contributed by atoms with Gasteiger partial charge < -0.3 is 15.0 Å². The second-order valence-corrected chi connectivity index (χ2v) is 8.07. The zero-order chi connectivity index (χ0) is 18.6. The van der Waals surface area contributed by atoms with Gasteiger partial charge in [-0.15, -0.1) is 11.3 Å². The Hall–Kier alpha value is -2.18. The molecule has 1 aliphatic rings. The van der Waals surface area contributed by atoms with Crippen molar-refractivity contribution in [2.75, 3.05) is 31.6 Å². The van der Waals surface area contributed by atoms with Gasteiger partial charge in [-0.25, -0.2) is 9.97 Å². The maximum absolute atomic E-state index is 5.32. The van der Waals surface area contributed by atoms with Crippen LogP contribution in [0.2, 0.25) is 0 Å². The first kappa shape index (κ1) is 18.2. The fraction of sp³-hybridized carbons (Fsp3) is 0.429. The van der Waals surface area contributed by atoms with Crippen LogP contribution in [0.1, 0.15) is 23.4 Å². The summed E-state index contributed by atoms with van der Waals surface area (Å²) in [6.07, 6.45) is 3.38. The maximum atomic E-state index is 5.32. The van der Waals surface area contributed by atoms with Gasteiger partial charge in [-0.2, -0.15) is 0 Å². The normalized spacial score (nSPS) is 15.4. The molecule has 6 heteroatoms. The van der Waals surface area contributed by atoms with E-state index in [1.165, 1.54) is 4.88 Å². The summed E-state index contributed by atoms with van der Waals surface area (Å²) in [4.78, 5) is 13.3. The maximum Gasteiger partial charge on any atom is 0.226 e. The summed E-state index contributed by atoms with van der Waals surface area (Å²) in [5, 5.41) is 6.92. The predicted molar refractivity (Wildman–Crippen MR) is 112 cm³/mol. The topological polar surface area (TPSA) is 50.3 Å². The molecule has 0 amide bonds. The zero-order valence-electron chi connectivity index (χ0n) is 15.9. The van der Waals surface area contributed by atoms with E-state index < -0.39 is 0 Å². The molecule has 0 saturated carbocycles. The Morgan fingerprint density at radius 3 is 2.81 bits per heavy atom. The number of rotatable bonds is 6. The van der Waals surface area contributed by atoms with Crippen LogP contribution in [0.5, 0.6) is 5.75 Å². The van der Waals surface area contributed by atoms with Gasteiger partial charge in [0.2, 0.25) is 5.95 Å². The highest BCUT2D eigenvalue weighted by Gasteiger charge is 2.21. The summed E-state index contributed by atoms with van der Waals surface area (Å²) in [6, 6.07) is 10.9. The Labute approximate surface area is 164 Å². The average Bonchev–Trinajstić information content (AvgIpc) is 3.22. The molecule has 1 aromatic carbocycles. The van der Waals surface area contributed by atoms with Crippen molar-refractivity contribution in [3.8, 4) is 5.75 Å². The largest absolute Gasteiger partial charge is 0.497 e. The summed E-state index contributed by atoms with van der Waals surface area (Å²) < 4.78 is 5.32. The number of thiophene rings is 1. The SMILES string of the molecule is COc1ccc2nc(N3CCC(NCCc4cccs4)CC3)nc(C)c2c1. The molecule has 142 valence electrons. The highest BCUT2D eigenvalue weighted by molar-refractivity contribution is 7.09. The van der Waals surface area contributed by atoms with E-state index in [1.54, 1.807) is 7.11 Å².